The Morgan fingerprint density at radius 2 is 1.72 bits per heavy atom. The second-order valence-corrected chi connectivity index (χ2v) is 9.02. The van der Waals surface area contributed by atoms with Crippen LogP contribution in [0.5, 0.6) is 0 Å². The number of sulfonamides is 1. The maximum Gasteiger partial charge on any atom is 0.253 e. The molecule has 29 heavy (non-hydrogen) atoms. The molecule has 1 amide bonds. The summed E-state index contributed by atoms with van der Waals surface area (Å²) < 4.78 is 26.7. The van der Waals surface area contributed by atoms with Gasteiger partial charge in [-0.3, -0.25) is 4.79 Å². The van der Waals surface area contributed by atoms with Crippen molar-refractivity contribution in [1.82, 2.24) is 9.62 Å². The molecule has 0 aromatic heterocycles. The van der Waals surface area contributed by atoms with Gasteiger partial charge in [0.25, 0.3) is 5.91 Å². The first-order valence-electron chi connectivity index (χ1n) is 9.79. The quantitative estimate of drug-likeness (QED) is 0.709. The second-order valence-electron chi connectivity index (χ2n) is 7.26. The molecule has 1 heterocycles. The van der Waals surface area contributed by atoms with E-state index in [-0.39, 0.29) is 23.8 Å². The number of hydrogen-bond acceptors (Lipinski definition) is 4. The molecule has 0 radical (unpaired) electrons. The highest BCUT2D eigenvalue weighted by molar-refractivity contribution is 7.89. The lowest BCUT2D eigenvalue weighted by Crippen LogP contribution is -2.38. The fourth-order valence-electron chi connectivity index (χ4n) is 3.57. The minimum absolute atomic E-state index is 0.0652. The van der Waals surface area contributed by atoms with Crippen LogP contribution in [-0.2, 0) is 16.4 Å². The van der Waals surface area contributed by atoms with Gasteiger partial charge in [0, 0.05) is 31.6 Å². The molecule has 1 N–H and O–H groups in total. The summed E-state index contributed by atoms with van der Waals surface area (Å²) in [6.07, 6.45) is 3.08. The predicted molar refractivity (Wildman–Crippen MR) is 111 cm³/mol. The SMILES string of the molecule is N#CCCNS(=O)(=O)c1ccc(C(=O)N2CCC(Cc3ccccc3)CC2)cc1. The van der Waals surface area contributed by atoms with Gasteiger partial charge >= 0.3 is 0 Å². The third kappa shape index (κ3) is 5.66. The average Bonchev–Trinajstić information content (AvgIpc) is 2.75. The van der Waals surface area contributed by atoms with Gasteiger partial charge in [-0.15, -0.1) is 0 Å². The summed E-state index contributed by atoms with van der Waals surface area (Å²) in [5, 5.41) is 8.52. The van der Waals surface area contributed by atoms with Gasteiger partial charge < -0.3 is 4.90 Å². The molecule has 0 spiro atoms. The third-order valence-corrected chi connectivity index (χ3v) is 6.69. The molecule has 1 aliphatic heterocycles. The van der Waals surface area contributed by atoms with Crippen LogP contribution in [-0.4, -0.2) is 38.9 Å². The van der Waals surface area contributed by atoms with E-state index < -0.39 is 10.0 Å². The van der Waals surface area contributed by atoms with Crippen LogP contribution in [0, 0.1) is 17.2 Å². The molecule has 7 heteroatoms. The molecule has 3 rings (SSSR count). The molecule has 152 valence electrons. The van der Waals surface area contributed by atoms with E-state index in [1.54, 1.807) is 12.1 Å². The van der Waals surface area contributed by atoms with Gasteiger partial charge in [0.2, 0.25) is 10.0 Å². The average molecular weight is 412 g/mol. The van der Waals surface area contributed by atoms with Crippen molar-refractivity contribution < 1.29 is 13.2 Å². The van der Waals surface area contributed by atoms with E-state index >= 15 is 0 Å². The fraction of sp³-hybridized carbons (Fsp3) is 0.364. The number of piperidine rings is 1. The van der Waals surface area contributed by atoms with Gasteiger partial charge in [-0.1, -0.05) is 30.3 Å². The lowest BCUT2D eigenvalue weighted by molar-refractivity contribution is 0.0690. The van der Waals surface area contributed by atoms with Gasteiger partial charge in [-0.2, -0.15) is 5.26 Å². The monoisotopic (exact) mass is 411 g/mol. The van der Waals surface area contributed by atoms with Crippen molar-refractivity contribution in [2.24, 2.45) is 5.92 Å². The summed E-state index contributed by atoms with van der Waals surface area (Å²) in [5.74, 6) is 0.512. The van der Waals surface area contributed by atoms with Gasteiger partial charge in [0.15, 0.2) is 0 Å². The molecule has 0 unspecified atom stereocenters. The van der Waals surface area contributed by atoms with Crippen molar-refractivity contribution in [2.75, 3.05) is 19.6 Å². The number of carbonyl (C=O) groups excluding carboxylic acids is 1. The van der Waals surface area contributed by atoms with Gasteiger partial charge in [0.05, 0.1) is 11.0 Å². The van der Waals surface area contributed by atoms with E-state index in [9.17, 15) is 13.2 Å². The molecule has 2 aromatic rings. The smallest absolute Gasteiger partial charge is 0.253 e. The van der Waals surface area contributed by atoms with E-state index in [0.717, 1.165) is 19.3 Å². The van der Waals surface area contributed by atoms with Crippen LogP contribution in [0.3, 0.4) is 0 Å². The standard InChI is InChI=1S/C22H25N3O3S/c23-13-4-14-24-29(27,28)21-9-7-20(8-10-21)22(26)25-15-11-19(12-16-25)17-18-5-2-1-3-6-18/h1-3,5-10,19,24H,4,11-12,14-17H2. The van der Waals surface area contributed by atoms with Crippen LogP contribution in [0.25, 0.3) is 0 Å². The largest absolute Gasteiger partial charge is 0.339 e. The van der Waals surface area contributed by atoms with E-state index in [4.69, 9.17) is 5.26 Å². The van der Waals surface area contributed by atoms with Crippen LogP contribution >= 0.6 is 0 Å². The predicted octanol–water partition coefficient (Wildman–Crippen LogP) is 2.97. The topological polar surface area (TPSA) is 90.3 Å². The Kier molecular flexibility index (Phi) is 7.02. The number of nitriles is 1. The Bertz CT molecular complexity index is 959. The fourth-order valence-corrected chi connectivity index (χ4v) is 4.60. The summed E-state index contributed by atoms with van der Waals surface area (Å²) in [6.45, 7) is 1.50. The number of rotatable bonds is 7. The van der Waals surface area contributed by atoms with E-state index in [0.29, 0.717) is 24.6 Å². The first-order valence-corrected chi connectivity index (χ1v) is 11.3. The summed E-state index contributed by atoms with van der Waals surface area (Å²) in [7, 11) is -3.66. The van der Waals surface area contributed by atoms with Gasteiger partial charge in [0.1, 0.15) is 0 Å². The van der Waals surface area contributed by atoms with E-state index in [1.807, 2.05) is 17.0 Å². The highest BCUT2D eigenvalue weighted by Gasteiger charge is 2.24. The van der Waals surface area contributed by atoms with Crippen LogP contribution in [0.1, 0.15) is 35.2 Å². The molecule has 0 aliphatic carbocycles. The summed E-state index contributed by atoms with van der Waals surface area (Å²) in [6, 6.07) is 18.3. The van der Waals surface area contributed by atoms with Crippen LogP contribution < -0.4 is 4.72 Å². The zero-order valence-electron chi connectivity index (χ0n) is 16.3. The highest BCUT2D eigenvalue weighted by atomic mass is 32.2. The van der Waals surface area contributed by atoms with Crippen molar-refractivity contribution in [3.8, 4) is 6.07 Å². The Labute approximate surface area is 172 Å². The Hall–Kier alpha value is -2.69. The lowest BCUT2D eigenvalue weighted by atomic mass is 9.90. The lowest BCUT2D eigenvalue weighted by Gasteiger charge is -2.32. The molecule has 1 aliphatic rings. The third-order valence-electron chi connectivity index (χ3n) is 5.21. The number of nitrogens with one attached hydrogen (secondary N) is 1. The van der Waals surface area contributed by atoms with Crippen molar-refractivity contribution in [1.29, 1.82) is 5.26 Å². The zero-order valence-corrected chi connectivity index (χ0v) is 17.1. The van der Waals surface area contributed by atoms with Crippen LogP contribution in [0.4, 0.5) is 0 Å². The molecule has 6 nitrogen and oxygen atoms in total. The van der Waals surface area contributed by atoms with Gasteiger partial charge in [-0.05, 0) is 55.0 Å². The van der Waals surface area contributed by atoms with Crippen LogP contribution in [0.15, 0.2) is 59.5 Å². The number of benzene rings is 2. The van der Waals surface area contributed by atoms with Gasteiger partial charge in [-0.25, -0.2) is 13.1 Å². The summed E-state index contributed by atoms with van der Waals surface area (Å²) in [4.78, 5) is 14.7. The first kappa shape index (κ1) is 21.0. The van der Waals surface area contributed by atoms with Crippen molar-refractivity contribution in [3.63, 3.8) is 0 Å². The maximum atomic E-state index is 12.8. The summed E-state index contributed by atoms with van der Waals surface area (Å²) >= 11 is 0. The second kappa shape index (κ2) is 9.68. The van der Waals surface area contributed by atoms with Crippen LogP contribution in [0.2, 0.25) is 0 Å². The molecule has 2 aromatic carbocycles. The number of nitrogens with zero attached hydrogens (tertiary/aromatic N) is 2. The molecular formula is C22H25N3O3S. The number of carbonyl (C=O) groups is 1. The highest BCUT2D eigenvalue weighted by Crippen LogP contribution is 2.23. The van der Waals surface area contributed by atoms with Crippen molar-refractivity contribution in [2.45, 2.75) is 30.6 Å². The maximum absolute atomic E-state index is 12.8. The molecular weight excluding hydrogens is 386 g/mol. The normalized spacial score (nSPS) is 15.1. The molecule has 0 atom stereocenters. The number of hydrogen-bond donors (Lipinski definition) is 1. The van der Waals surface area contributed by atoms with Crippen molar-refractivity contribution in [3.05, 3.63) is 65.7 Å². The Balaban J connectivity index is 1.55. The Morgan fingerprint density at radius 3 is 2.34 bits per heavy atom. The van der Waals surface area contributed by atoms with E-state index in [2.05, 4.69) is 29.0 Å². The van der Waals surface area contributed by atoms with Crippen molar-refractivity contribution >= 4 is 15.9 Å². The minimum Gasteiger partial charge on any atom is -0.339 e. The number of amides is 1. The molecule has 1 fully saturated rings. The Morgan fingerprint density at radius 1 is 1.07 bits per heavy atom. The number of likely N-dealkylation sites (tertiary alicyclic amines) is 1. The van der Waals surface area contributed by atoms with E-state index in [1.165, 1.54) is 17.7 Å². The molecule has 1 saturated heterocycles. The summed E-state index contributed by atoms with van der Waals surface area (Å²) in [5.41, 5.74) is 1.82. The zero-order chi connectivity index (χ0) is 20.7. The minimum atomic E-state index is -3.66. The molecule has 0 bridgehead atoms. The molecule has 0 saturated carbocycles. The first-order chi connectivity index (χ1) is 14.0.